The number of alkyl halides is 3. The van der Waals surface area contributed by atoms with Crippen molar-refractivity contribution in [3.63, 3.8) is 0 Å². The minimum absolute atomic E-state index is 0.00668. The standard InChI is InChI=1S/C13H16F3NO2/c14-13(15,16)10-3-1-9(2-4-10)11(19)7-17-12(8-18)5-6-12/h1-4,11,17-19H,5-8H2. The molecule has 1 fully saturated rings. The molecular weight excluding hydrogens is 259 g/mol. The molecule has 0 bridgehead atoms. The van der Waals surface area contributed by atoms with Crippen LogP contribution in [0.5, 0.6) is 0 Å². The first kappa shape index (κ1) is 14.3. The Balaban J connectivity index is 1.94. The van der Waals surface area contributed by atoms with E-state index in [2.05, 4.69) is 5.32 Å². The van der Waals surface area contributed by atoms with Crippen molar-refractivity contribution in [3.05, 3.63) is 35.4 Å². The molecule has 0 saturated heterocycles. The molecule has 1 aliphatic carbocycles. The Bertz CT molecular complexity index is 427. The first-order valence-corrected chi connectivity index (χ1v) is 6.07. The number of nitrogens with one attached hydrogen (secondary N) is 1. The van der Waals surface area contributed by atoms with Gasteiger partial charge in [0.15, 0.2) is 0 Å². The van der Waals surface area contributed by atoms with Gasteiger partial charge in [0, 0.05) is 12.1 Å². The second-order valence-corrected chi connectivity index (χ2v) is 4.95. The third-order valence-corrected chi connectivity index (χ3v) is 3.45. The minimum Gasteiger partial charge on any atom is -0.394 e. The third kappa shape index (κ3) is 3.46. The van der Waals surface area contributed by atoms with Crippen LogP contribution in [0.4, 0.5) is 13.2 Å². The van der Waals surface area contributed by atoms with E-state index in [1.54, 1.807) is 0 Å². The van der Waals surface area contributed by atoms with E-state index in [0.29, 0.717) is 5.56 Å². The lowest BCUT2D eigenvalue weighted by Gasteiger charge is -2.18. The van der Waals surface area contributed by atoms with Crippen LogP contribution in [0.3, 0.4) is 0 Å². The predicted octanol–water partition coefficient (Wildman–Crippen LogP) is 1.85. The van der Waals surface area contributed by atoms with Crippen molar-refractivity contribution >= 4 is 0 Å². The van der Waals surface area contributed by atoms with Crippen molar-refractivity contribution < 1.29 is 23.4 Å². The molecule has 106 valence electrons. The fraction of sp³-hybridized carbons (Fsp3) is 0.538. The van der Waals surface area contributed by atoms with E-state index in [0.717, 1.165) is 25.0 Å². The van der Waals surface area contributed by atoms with E-state index in [-0.39, 0.29) is 18.7 Å². The fourth-order valence-electron chi connectivity index (χ4n) is 1.87. The van der Waals surface area contributed by atoms with E-state index < -0.39 is 17.8 Å². The smallest absolute Gasteiger partial charge is 0.394 e. The van der Waals surface area contributed by atoms with Gasteiger partial charge < -0.3 is 15.5 Å². The zero-order valence-electron chi connectivity index (χ0n) is 10.2. The van der Waals surface area contributed by atoms with Gasteiger partial charge >= 0.3 is 6.18 Å². The Labute approximate surface area is 109 Å². The Morgan fingerprint density at radius 3 is 2.21 bits per heavy atom. The van der Waals surface area contributed by atoms with E-state index in [4.69, 9.17) is 5.11 Å². The average Bonchev–Trinajstić information content (AvgIpc) is 3.16. The topological polar surface area (TPSA) is 52.5 Å². The Kier molecular flexibility index (Phi) is 3.85. The summed E-state index contributed by atoms with van der Waals surface area (Å²) < 4.78 is 37.1. The molecule has 0 heterocycles. The second kappa shape index (κ2) is 5.11. The molecule has 0 aromatic heterocycles. The van der Waals surface area contributed by atoms with Crippen LogP contribution in [0.25, 0.3) is 0 Å². The quantitative estimate of drug-likeness (QED) is 0.768. The van der Waals surface area contributed by atoms with Crippen molar-refractivity contribution in [2.24, 2.45) is 0 Å². The maximum Gasteiger partial charge on any atom is 0.416 e. The van der Waals surface area contributed by atoms with Gasteiger partial charge in [0.1, 0.15) is 0 Å². The van der Waals surface area contributed by atoms with Crippen LogP contribution in [0, 0.1) is 0 Å². The average molecular weight is 275 g/mol. The maximum absolute atomic E-state index is 12.4. The summed E-state index contributed by atoms with van der Waals surface area (Å²) in [6.07, 6.45) is -3.55. The largest absolute Gasteiger partial charge is 0.416 e. The zero-order chi connectivity index (χ0) is 14.1. The first-order chi connectivity index (χ1) is 8.86. The van der Waals surface area contributed by atoms with E-state index in [9.17, 15) is 18.3 Å². The van der Waals surface area contributed by atoms with Gasteiger partial charge in [-0.2, -0.15) is 13.2 Å². The van der Waals surface area contributed by atoms with Gasteiger partial charge in [-0.3, -0.25) is 0 Å². The van der Waals surface area contributed by atoms with Gasteiger partial charge in [0.25, 0.3) is 0 Å². The second-order valence-electron chi connectivity index (χ2n) is 4.95. The Hall–Kier alpha value is -1.11. The van der Waals surface area contributed by atoms with Crippen molar-refractivity contribution in [2.45, 2.75) is 30.7 Å². The fourth-order valence-corrected chi connectivity index (χ4v) is 1.87. The highest BCUT2D eigenvalue weighted by Crippen LogP contribution is 2.35. The number of rotatable bonds is 5. The highest BCUT2D eigenvalue weighted by molar-refractivity contribution is 5.26. The van der Waals surface area contributed by atoms with E-state index >= 15 is 0 Å². The van der Waals surface area contributed by atoms with Crippen molar-refractivity contribution in [3.8, 4) is 0 Å². The van der Waals surface area contributed by atoms with Crippen molar-refractivity contribution in [2.75, 3.05) is 13.2 Å². The maximum atomic E-state index is 12.4. The van der Waals surface area contributed by atoms with Crippen LogP contribution in [-0.4, -0.2) is 28.9 Å². The molecule has 1 atom stereocenters. The molecule has 0 amide bonds. The molecule has 1 aromatic rings. The van der Waals surface area contributed by atoms with Gasteiger partial charge in [-0.15, -0.1) is 0 Å². The zero-order valence-corrected chi connectivity index (χ0v) is 10.2. The number of hydrogen-bond acceptors (Lipinski definition) is 3. The Morgan fingerprint density at radius 1 is 1.21 bits per heavy atom. The molecule has 0 spiro atoms. The van der Waals surface area contributed by atoms with Crippen molar-refractivity contribution in [1.29, 1.82) is 0 Å². The summed E-state index contributed by atoms with van der Waals surface area (Å²) in [5.41, 5.74) is -0.605. The number of benzene rings is 1. The summed E-state index contributed by atoms with van der Waals surface area (Å²) in [6.45, 7) is 0.221. The minimum atomic E-state index is -4.36. The third-order valence-electron chi connectivity index (χ3n) is 3.45. The molecule has 19 heavy (non-hydrogen) atoms. The molecule has 3 N–H and O–H groups in total. The van der Waals surface area contributed by atoms with Crippen LogP contribution >= 0.6 is 0 Å². The molecule has 1 aromatic carbocycles. The molecule has 0 radical (unpaired) electrons. The van der Waals surface area contributed by atoms with Crippen molar-refractivity contribution in [1.82, 2.24) is 5.32 Å². The van der Waals surface area contributed by atoms with E-state index in [1.807, 2.05) is 0 Å². The van der Waals surface area contributed by atoms with Gasteiger partial charge in [-0.25, -0.2) is 0 Å². The highest BCUT2D eigenvalue weighted by Gasteiger charge is 2.41. The summed E-state index contributed by atoms with van der Waals surface area (Å²) in [5.74, 6) is 0. The van der Waals surface area contributed by atoms with Crippen LogP contribution in [0.1, 0.15) is 30.1 Å². The highest BCUT2D eigenvalue weighted by atomic mass is 19.4. The summed E-state index contributed by atoms with van der Waals surface area (Å²) >= 11 is 0. The molecule has 3 nitrogen and oxygen atoms in total. The first-order valence-electron chi connectivity index (χ1n) is 6.07. The molecule has 2 rings (SSSR count). The summed E-state index contributed by atoms with van der Waals surface area (Å²) in [4.78, 5) is 0. The molecule has 6 heteroatoms. The van der Waals surface area contributed by atoms with Crippen LogP contribution in [-0.2, 0) is 6.18 Å². The monoisotopic (exact) mass is 275 g/mol. The molecule has 0 aliphatic heterocycles. The van der Waals surface area contributed by atoms with Crippen LogP contribution in [0.15, 0.2) is 24.3 Å². The number of hydrogen-bond donors (Lipinski definition) is 3. The van der Waals surface area contributed by atoms with Gasteiger partial charge in [-0.1, -0.05) is 12.1 Å². The predicted molar refractivity (Wildman–Crippen MR) is 63.5 cm³/mol. The SMILES string of the molecule is OCC1(NCC(O)c2ccc(C(F)(F)F)cc2)CC1. The number of aliphatic hydroxyl groups excluding tert-OH is 2. The number of β-amino-alcohol motifs (C(OH)–C–C–N with tert-alkyl or cyclic N) is 1. The number of aliphatic hydroxyl groups is 2. The lowest BCUT2D eigenvalue weighted by Crippen LogP contribution is -2.37. The molecular formula is C13H16F3NO2. The normalized spacial score (nSPS) is 19.2. The number of halogens is 3. The molecule has 1 saturated carbocycles. The molecule has 1 aliphatic rings. The lowest BCUT2D eigenvalue weighted by molar-refractivity contribution is -0.137. The Morgan fingerprint density at radius 2 is 1.79 bits per heavy atom. The van der Waals surface area contributed by atoms with Gasteiger partial charge in [-0.05, 0) is 30.5 Å². The van der Waals surface area contributed by atoms with Gasteiger partial charge in [0.2, 0.25) is 0 Å². The van der Waals surface area contributed by atoms with Crippen LogP contribution < -0.4 is 5.32 Å². The summed E-state index contributed by atoms with van der Waals surface area (Å²) in [6, 6.07) is 4.45. The molecule has 1 unspecified atom stereocenters. The lowest BCUT2D eigenvalue weighted by atomic mass is 10.1. The van der Waals surface area contributed by atoms with Gasteiger partial charge in [0.05, 0.1) is 18.3 Å². The summed E-state index contributed by atoms with van der Waals surface area (Å²) in [7, 11) is 0. The summed E-state index contributed by atoms with van der Waals surface area (Å²) in [5, 5.41) is 22.0. The van der Waals surface area contributed by atoms with Crippen LogP contribution in [0.2, 0.25) is 0 Å². The van der Waals surface area contributed by atoms with E-state index in [1.165, 1.54) is 12.1 Å².